The molecule has 1 N–H and O–H groups in total. The summed E-state index contributed by atoms with van der Waals surface area (Å²) in [6.45, 7) is 2.53. The minimum atomic E-state index is -0.471. The third-order valence-electron chi connectivity index (χ3n) is 4.00. The normalized spacial score (nSPS) is 16.0. The first-order chi connectivity index (χ1) is 10.0. The first kappa shape index (κ1) is 16.6. The van der Waals surface area contributed by atoms with E-state index in [1.54, 1.807) is 23.7 Å². The van der Waals surface area contributed by atoms with E-state index in [1.807, 2.05) is 13.2 Å². The smallest absolute Gasteiger partial charge is 0.149 e. The molecule has 0 aliphatic heterocycles. The van der Waals surface area contributed by atoms with Crippen molar-refractivity contribution < 1.29 is 8.78 Å². The summed E-state index contributed by atoms with van der Waals surface area (Å²) in [6.07, 6.45) is 5.27. The summed E-state index contributed by atoms with van der Waals surface area (Å²) in [5, 5.41) is 3.28. The van der Waals surface area contributed by atoms with Crippen molar-refractivity contribution in [3.8, 4) is 0 Å². The van der Waals surface area contributed by atoms with Crippen molar-refractivity contribution in [2.24, 2.45) is 0 Å². The molecule has 2 nitrogen and oxygen atoms in total. The van der Waals surface area contributed by atoms with Gasteiger partial charge in [0.15, 0.2) is 0 Å². The van der Waals surface area contributed by atoms with Crippen molar-refractivity contribution >= 4 is 17.4 Å². The average molecular weight is 314 g/mol. The molecule has 1 atom stereocenters. The maximum atomic E-state index is 14.3. The standard InChI is InChI=1S/C16H24F2N2S/c1-11(6-7-21-3)20(2)16-14(17)8-12(9-15(16)18)10-19-13-4-5-13/h8-9,11,13,19H,4-7,10H2,1-3H3. The second-order valence-corrected chi connectivity index (χ2v) is 6.79. The Morgan fingerprint density at radius 2 is 1.95 bits per heavy atom. The van der Waals surface area contributed by atoms with Gasteiger partial charge in [-0.05, 0) is 55.9 Å². The van der Waals surface area contributed by atoms with Gasteiger partial charge in [0.1, 0.15) is 17.3 Å². The van der Waals surface area contributed by atoms with E-state index in [0.717, 1.165) is 12.2 Å². The zero-order chi connectivity index (χ0) is 15.4. The zero-order valence-corrected chi connectivity index (χ0v) is 13.8. The lowest BCUT2D eigenvalue weighted by Crippen LogP contribution is -2.31. The fraction of sp³-hybridized carbons (Fsp3) is 0.625. The molecule has 1 saturated carbocycles. The molecule has 1 aliphatic rings. The monoisotopic (exact) mass is 314 g/mol. The summed E-state index contributed by atoms with van der Waals surface area (Å²) in [7, 11) is 1.76. The van der Waals surface area contributed by atoms with Crippen LogP contribution in [-0.2, 0) is 6.54 Å². The number of nitrogens with zero attached hydrogens (tertiary/aromatic N) is 1. The summed E-state index contributed by atoms with van der Waals surface area (Å²) in [5.74, 6) is 0.0419. The Kier molecular flexibility index (Phi) is 5.88. The van der Waals surface area contributed by atoms with Crippen LogP contribution in [0.2, 0.25) is 0 Å². The Labute approximate surface area is 130 Å². The van der Waals surface area contributed by atoms with E-state index in [1.165, 1.54) is 25.0 Å². The van der Waals surface area contributed by atoms with Crippen molar-refractivity contribution in [1.29, 1.82) is 0 Å². The Morgan fingerprint density at radius 3 is 2.48 bits per heavy atom. The van der Waals surface area contributed by atoms with Gasteiger partial charge in [-0.1, -0.05) is 0 Å². The third-order valence-corrected chi connectivity index (χ3v) is 4.65. The van der Waals surface area contributed by atoms with Gasteiger partial charge >= 0.3 is 0 Å². The zero-order valence-electron chi connectivity index (χ0n) is 13.0. The van der Waals surface area contributed by atoms with E-state index in [-0.39, 0.29) is 11.7 Å². The fourth-order valence-corrected chi connectivity index (χ4v) is 2.89. The number of hydrogen-bond donors (Lipinski definition) is 1. The highest BCUT2D eigenvalue weighted by Gasteiger charge is 2.22. The quantitative estimate of drug-likeness (QED) is 0.786. The molecule has 0 amide bonds. The molecular formula is C16H24F2N2S. The van der Waals surface area contributed by atoms with Crippen LogP contribution in [0.15, 0.2) is 12.1 Å². The SMILES string of the molecule is CSCCC(C)N(C)c1c(F)cc(CNC2CC2)cc1F. The number of benzene rings is 1. The number of nitrogens with one attached hydrogen (secondary N) is 1. The molecule has 0 heterocycles. The van der Waals surface area contributed by atoms with Crippen molar-refractivity contribution in [3.63, 3.8) is 0 Å². The summed E-state index contributed by atoms with van der Waals surface area (Å²) < 4.78 is 28.5. The third kappa shape index (κ3) is 4.58. The highest BCUT2D eigenvalue weighted by Crippen LogP contribution is 2.27. The van der Waals surface area contributed by atoms with Crippen LogP contribution in [0.25, 0.3) is 0 Å². The lowest BCUT2D eigenvalue weighted by Gasteiger charge is -2.28. The van der Waals surface area contributed by atoms with Gasteiger partial charge in [0.05, 0.1) is 0 Å². The topological polar surface area (TPSA) is 15.3 Å². The minimum Gasteiger partial charge on any atom is -0.367 e. The molecule has 118 valence electrons. The molecule has 21 heavy (non-hydrogen) atoms. The molecule has 5 heteroatoms. The number of anilines is 1. The molecule has 1 aliphatic carbocycles. The number of rotatable bonds is 8. The van der Waals surface area contributed by atoms with Gasteiger partial charge in [-0.25, -0.2) is 8.78 Å². The van der Waals surface area contributed by atoms with Crippen LogP contribution >= 0.6 is 11.8 Å². The van der Waals surface area contributed by atoms with E-state index < -0.39 is 11.6 Å². The predicted molar refractivity (Wildman–Crippen MR) is 87.1 cm³/mol. The molecule has 2 rings (SSSR count). The highest BCUT2D eigenvalue weighted by molar-refractivity contribution is 7.98. The first-order valence-electron chi connectivity index (χ1n) is 7.46. The van der Waals surface area contributed by atoms with Crippen molar-refractivity contribution in [1.82, 2.24) is 5.32 Å². The van der Waals surface area contributed by atoms with Crippen LogP contribution in [0, 0.1) is 11.6 Å². The van der Waals surface area contributed by atoms with Crippen LogP contribution in [0.1, 0.15) is 31.7 Å². The van der Waals surface area contributed by atoms with E-state index in [4.69, 9.17) is 0 Å². The molecule has 0 radical (unpaired) electrons. The molecule has 0 saturated heterocycles. The Hall–Kier alpha value is -0.810. The summed E-state index contributed by atoms with van der Waals surface area (Å²) in [5.41, 5.74) is 0.754. The lowest BCUT2D eigenvalue weighted by atomic mass is 10.1. The van der Waals surface area contributed by atoms with Crippen molar-refractivity contribution in [2.45, 2.75) is 44.8 Å². The molecule has 0 aromatic heterocycles. The Balaban J connectivity index is 2.07. The summed E-state index contributed by atoms with van der Waals surface area (Å²) in [4.78, 5) is 1.71. The molecule has 1 aromatic rings. The van der Waals surface area contributed by atoms with Gasteiger partial charge in [0.25, 0.3) is 0 Å². The second-order valence-electron chi connectivity index (χ2n) is 5.80. The molecular weight excluding hydrogens is 290 g/mol. The molecule has 0 spiro atoms. The Morgan fingerprint density at radius 1 is 1.33 bits per heavy atom. The fourth-order valence-electron chi connectivity index (χ4n) is 2.31. The molecule has 0 bridgehead atoms. The molecule has 1 unspecified atom stereocenters. The lowest BCUT2D eigenvalue weighted by molar-refractivity contribution is 0.552. The van der Waals surface area contributed by atoms with Gasteiger partial charge in [-0.15, -0.1) is 0 Å². The first-order valence-corrected chi connectivity index (χ1v) is 8.85. The maximum absolute atomic E-state index is 14.3. The minimum absolute atomic E-state index is 0.0822. The number of hydrogen-bond acceptors (Lipinski definition) is 3. The largest absolute Gasteiger partial charge is 0.367 e. The van der Waals surface area contributed by atoms with Crippen LogP contribution in [0.5, 0.6) is 0 Å². The van der Waals surface area contributed by atoms with Crippen LogP contribution in [-0.4, -0.2) is 31.1 Å². The van der Waals surface area contributed by atoms with E-state index in [0.29, 0.717) is 18.2 Å². The van der Waals surface area contributed by atoms with E-state index in [2.05, 4.69) is 5.32 Å². The maximum Gasteiger partial charge on any atom is 0.149 e. The van der Waals surface area contributed by atoms with Crippen molar-refractivity contribution in [2.75, 3.05) is 24.0 Å². The number of halogens is 2. The van der Waals surface area contributed by atoms with Crippen molar-refractivity contribution in [3.05, 3.63) is 29.3 Å². The van der Waals surface area contributed by atoms with Gasteiger partial charge in [-0.2, -0.15) is 11.8 Å². The molecule has 1 fully saturated rings. The number of thioether (sulfide) groups is 1. The van der Waals surface area contributed by atoms with E-state index in [9.17, 15) is 8.78 Å². The summed E-state index contributed by atoms with van der Waals surface area (Å²) >= 11 is 1.75. The Bertz CT molecular complexity index is 454. The van der Waals surface area contributed by atoms with Gasteiger partial charge < -0.3 is 10.2 Å². The predicted octanol–water partition coefficient (Wildman–Crippen LogP) is 3.79. The highest BCUT2D eigenvalue weighted by atomic mass is 32.2. The molecule has 1 aromatic carbocycles. The van der Waals surface area contributed by atoms with Crippen LogP contribution < -0.4 is 10.2 Å². The average Bonchev–Trinajstić information content (AvgIpc) is 3.25. The van der Waals surface area contributed by atoms with Gasteiger partial charge in [0.2, 0.25) is 0 Å². The summed E-state index contributed by atoms with van der Waals surface area (Å²) in [6, 6.07) is 3.54. The van der Waals surface area contributed by atoms with Gasteiger partial charge in [-0.3, -0.25) is 0 Å². The van der Waals surface area contributed by atoms with E-state index >= 15 is 0 Å². The van der Waals surface area contributed by atoms with Crippen LogP contribution in [0.4, 0.5) is 14.5 Å². The second kappa shape index (κ2) is 7.45. The van der Waals surface area contributed by atoms with Crippen LogP contribution in [0.3, 0.4) is 0 Å². The van der Waals surface area contributed by atoms with Gasteiger partial charge in [0, 0.05) is 25.7 Å².